The zero-order valence-electron chi connectivity index (χ0n) is 10.9. The topological polar surface area (TPSA) is 45.2 Å². The number of fused-ring (bicyclic) bond motifs is 3. The number of rotatable bonds is 1. The monoisotopic (exact) mass is 245 g/mol. The Balaban J connectivity index is 2.01. The molecule has 2 amide bonds. The average molecular weight is 245 g/mol. The van der Waals surface area contributed by atoms with Crippen LogP contribution in [0.25, 0.3) is 0 Å². The first kappa shape index (κ1) is 11.5. The maximum atomic E-state index is 12.1. The van der Waals surface area contributed by atoms with Crippen LogP contribution in [0.1, 0.15) is 56.3 Å². The van der Waals surface area contributed by atoms with Gasteiger partial charge in [-0.3, -0.25) is 4.98 Å². The lowest BCUT2D eigenvalue weighted by molar-refractivity contribution is 0.157. The van der Waals surface area contributed by atoms with Crippen molar-refractivity contribution in [3.63, 3.8) is 0 Å². The molecule has 4 heteroatoms. The van der Waals surface area contributed by atoms with Crippen LogP contribution in [0, 0.1) is 0 Å². The zero-order chi connectivity index (χ0) is 12.7. The Kier molecular flexibility index (Phi) is 2.73. The summed E-state index contributed by atoms with van der Waals surface area (Å²) in [5, 5.41) is 2.98. The van der Waals surface area contributed by atoms with E-state index in [9.17, 15) is 4.79 Å². The Morgan fingerprint density at radius 3 is 3.06 bits per heavy atom. The number of hydrogen-bond acceptors (Lipinski definition) is 2. The van der Waals surface area contributed by atoms with E-state index >= 15 is 0 Å². The van der Waals surface area contributed by atoms with E-state index in [0.717, 1.165) is 30.8 Å². The average Bonchev–Trinajstić information content (AvgIpc) is 2.38. The van der Waals surface area contributed by atoms with Crippen LogP contribution in [0.3, 0.4) is 0 Å². The van der Waals surface area contributed by atoms with Gasteiger partial charge in [-0.1, -0.05) is 13.8 Å². The molecular weight excluding hydrogens is 226 g/mol. The largest absolute Gasteiger partial charge is 0.322 e. The molecule has 3 heterocycles. The van der Waals surface area contributed by atoms with E-state index in [1.165, 1.54) is 12.0 Å². The quantitative estimate of drug-likeness (QED) is 0.825. The summed E-state index contributed by atoms with van der Waals surface area (Å²) in [6.07, 6.45) is 5.27. The van der Waals surface area contributed by atoms with Crippen molar-refractivity contribution in [3.8, 4) is 0 Å². The van der Waals surface area contributed by atoms with Crippen LogP contribution in [0.4, 0.5) is 10.5 Å². The summed E-state index contributed by atoms with van der Waals surface area (Å²) in [5.74, 6) is 0.434. The normalized spacial score (nSPS) is 22.5. The van der Waals surface area contributed by atoms with E-state index in [1.54, 1.807) is 0 Å². The molecule has 1 atom stereocenters. The van der Waals surface area contributed by atoms with Crippen LogP contribution in [0.15, 0.2) is 12.3 Å². The highest BCUT2D eigenvalue weighted by Crippen LogP contribution is 2.38. The van der Waals surface area contributed by atoms with E-state index in [4.69, 9.17) is 0 Å². The second-order valence-electron chi connectivity index (χ2n) is 5.49. The van der Waals surface area contributed by atoms with Crippen LogP contribution in [-0.4, -0.2) is 22.5 Å². The number of pyridine rings is 1. The van der Waals surface area contributed by atoms with Crippen molar-refractivity contribution in [3.05, 3.63) is 23.5 Å². The molecule has 1 saturated heterocycles. The molecule has 96 valence electrons. The minimum Gasteiger partial charge on any atom is -0.316 e. The molecule has 1 aromatic heterocycles. The standard InChI is InChI=1S/C14H19N3O/c1-9(2)10-7-11-13(15-8-10)12-5-3-4-6-17(12)14(18)16-11/h7-9,12H,3-6H2,1-2H3,(H,16,18). The molecule has 2 aliphatic rings. The van der Waals surface area contributed by atoms with E-state index in [2.05, 4.69) is 30.2 Å². The van der Waals surface area contributed by atoms with Gasteiger partial charge in [-0.2, -0.15) is 0 Å². The SMILES string of the molecule is CC(C)c1cnc2c(c1)NC(=O)N1CCCCC21. The van der Waals surface area contributed by atoms with Crippen LogP contribution in [0.2, 0.25) is 0 Å². The first-order valence-corrected chi connectivity index (χ1v) is 6.74. The lowest BCUT2D eigenvalue weighted by Gasteiger charge is -2.39. The number of hydrogen-bond donors (Lipinski definition) is 1. The van der Waals surface area contributed by atoms with Crippen molar-refractivity contribution in [2.75, 3.05) is 11.9 Å². The van der Waals surface area contributed by atoms with Gasteiger partial charge in [0, 0.05) is 12.7 Å². The minimum atomic E-state index is 0.0370. The molecule has 1 unspecified atom stereocenters. The maximum Gasteiger partial charge on any atom is 0.322 e. The van der Waals surface area contributed by atoms with E-state index < -0.39 is 0 Å². The second kappa shape index (κ2) is 4.26. The molecule has 1 fully saturated rings. The van der Waals surface area contributed by atoms with Crippen LogP contribution in [-0.2, 0) is 0 Å². The van der Waals surface area contributed by atoms with E-state index in [-0.39, 0.29) is 12.1 Å². The van der Waals surface area contributed by atoms with Gasteiger partial charge in [0.2, 0.25) is 0 Å². The molecule has 0 aliphatic carbocycles. The molecule has 3 rings (SSSR count). The molecule has 4 nitrogen and oxygen atoms in total. The smallest absolute Gasteiger partial charge is 0.316 e. The molecule has 0 aromatic carbocycles. The maximum absolute atomic E-state index is 12.1. The summed E-state index contributed by atoms with van der Waals surface area (Å²) in [6, 6.07) is 2.30. The van der Waals surface area contributed by atoms with Crippen LogP contribution in [0.5, 0.6) is 0 Å². The third-order valence-electron chi connectivity index (χ3n) is 3.93. The molecule has 0 saturated carbocycles. The molecule has 0 spiro atoms. The third-order valence-corrected chi connectivity index (χ3v) is 3.93. The molecule has 0 bridgehead atoms. The van der Waals surface area contributed by atoms with Gasteiger partial charge in [0.05, 0.1) is 17.4 Å². The number of nitrogens with zero attached hydrogens (tertiary/aromatic N) is 2. The summed E-state index contributed by atoms with van der Waals surface area (Å²) in [5.41, 5.74) is 3.13. The first-order chi connectivity index (χ1) is 8.66. The van der Waals surface area contributed by atoms with Crippen molar-refractivity contribution >= 4 is 11.7 Å². The number of carbonyl (C=O) groups excluding carboxylic acids is 1. The fraction of sp³-hybridized carbons (Fsp3) is 0.571. The number of carbonyl (C=O) groups is 1. The predicted molar refractivity (Wildman–Crippen MR) is 70.6 cm³/mol. The first-order valence-electron chi connectivity index (χ1n) is 6.74. The fourth-order valence-electron chi connectivity index (χ4n) is 2.82. The molecule has 0 radical (unpaired) electrons. The van der Waals surface area contributed by atoms with Gasteiger partial charge in [-0.15, -0.1) is 0 Å². The Morgan fingerprint density at radius 2 is 2.28 bits per heavy atom. The van der Waals surface area contributed by atoms with Gasteiger partial charge in [-0.25, -0.2) is 4.79 Å². The van der Waals surface area contributed by atoms with Gasteiger partial charge in [0.1, 0.15) is 0 Å². The van der Waals surface area contributed by atoms with Gasteiger partial charge in [0.15, 0.2) is 0 Å². The number of amides is 2. The van der Waals surface area contributed by atoms with Gasteiger partial charge < -0.3 is 10.2 Å². The number of aromatic nitrogens is 1. The molecule has 1 N–H and O–H groups in total. The van der Waals surface area contributed by atoms with Gasteiger partial charge >= 0.3 is 6.03 Å². The number of anilines is 1. The highest BCUT2D eigenvalue weighted by atomic mass is 16.2. The Morgan fingerprint density at radius 1 is 1.44 bits per heavy atom. The van der Waals surface area contributed by atoms with E-state index in [0.29, 0.717) is 5.92 Å². The van der Waals surface area contributed by atoms with Crippen molar-refractivity contribution in [1.82, 2.24) is 9.88 Å². The highest BCUT2D eigenvalue weighted by molar-refractivity contribution is 5.92. The molecular formula is C14H19N3O. The van der Waals surface area contributed by atoms with Crippen LogP contribution < -0.4 is 5.32 Å². The van der Waals surface area contributed by atoms with E-state index in [1.807, 2.05) is 11.1 Å². The second-order valence-corrected chi connectivity index (χ2v) is 5.49. The minimum absolute atomic E-state index is 0.0370. The fourth-order valence-corrected chi connectivity index (χ4v) is 2.82. The highest BCUT2D eigenvalue weighted by Gasteiger charge is 2.35. The third kappa shape index (κ3) is 1.76. The van der Waals surface area contributed by atoms with Crippen LogP contribution >= 0.6 is 0 Å². The zero-order valence-corrected chi connectivity index (χ0v) is 10.9. The summed E-state index contributed by atoms with van der Waals surface area (Å²) in [6.45, 7) is 5.13. The predicted octanol–water partition coefficient (Wildman–Crippen LogP) is 3.28. The van der Waals surface area contributed by atoms with Crippen molar-refractivity contribution in [2.45, 2.75) is 45.1 Å². The summed E-state index contributed by atoms with van der Waals surface area (Å²) >= 11 is 0. The number of urea groups is 1. The number of nitrogens with one attached hydrogen (secondary N) is 1. The Bertz CT molecular complexity index is 484. The molecule has 1 aromatic rings. The van der Waals surface area contributed by atoms with Crippen molar-refractivity contribution in [1.29, 1.82) is 0 Å². The summed E-state index contributed by atoms with van der Waals surface area (Å²) in [4.78, 5) is 18.6. The molecule has 2 aliphatic heterocycles. The van der Waals surface area contributed by atoms with Gasteiger partial charge in [-0.05, 0) is 36.8 Å². The summed E-state index contributed by atoms with van der Waals surface area (Å²) < 4.78 is 0. The molecule has 18 heavy (non-hydrogen) atoms. The van der Waals surface area contributed by atoms with Crippen molar-refractivity contribution in [2.24, 2.45) is 0 Å². The lowest BCUT2D eigenvalue weighted by Crippen LogP contribution is -2.45. The lowest BCUT2D eigenvalue weighted by atomic mass is 9.95. The summed E-state index contributed by atoms with van der Waals surface area (Å²) in [7, 11) is 0. The van der Waals surface area contributed by atoms with Gasteiger partial charge in [0.25, 0.3) is 0 Å². The Labute approximate surface area is 107 Å². The Hall–Kier alpha value is -1.58. The number of piperidine rings is 1. The van der Waals surface area contributed by atoms with Crippen molar-refractivity contribution < 1.29 is 4.79 Å².